The maximum absolute atomic E-state index is 12.7. The molecule has 4 aromatic carbocycles. The molecule has 196 valence electrons. The highest BCUT2D eigenvalue weighted by atomic mass is 32.2. The van der Waals surface area contributed by atoms with E-state index >= 15 is 0 Å². The monoisotopic (exact) mass is 547 g/mol. The number of ether oxygens (including phenoxy) is 2. The maximum Gasteiger partial charge on any atom is 0.261 e. The van der Waals surface area contributed by atoms with Crippen molar-refractivity contribution in [1.29, 1.82) is 0 Å². The molecule has 4 aromatic rings. The topological polar surface area (TPSA) is 84.9 Å². The summed E-state index contributed by atoms with van der Waals surface area (Å²) in [4.78, 5) is 1.38. The molecule has 1 saturated heterocycles. The third-order valence-electron chi connectivity index (χ3n) is 6.28. The Balaban J connectivity index is 1.33. The van der Waals surface area contributed by atoms with E-state index in [2.05, 4.69) is 16.9 Å². The van der Waals surface area contributed by atoms with Gasteiger partial charge in [0, 0.05) is 28.3 Å². The van der Waals surface area contributed by atoms with Gasteiger partial charge in [0.15, 0.2) is 6.29 Å². The zero-order chi connectivity index (χ0) is 26.4. The summed E-state index contributed by atoms with van der Waals surface area (Å²) in [5.74, 6) is 0.768. The first-order valence-corrected chi connectivity index (χ1v) is 14.8. The van der Waals surface area contributed by atoms with Gasteiger partial charge in [-0.25, -0.2) is 8.42 Å². The summed E-state index contributed by atoms with van der Waals surface area (Å²) in [7, 11) is -3.68. The summed E-state index contributed by atoms with van der Waals surface area (Å²) in [5.41, 5.74) is 3.14. The number of sulfonamides is 1. The van der Waals surface area contributed by atoms with Crippen LogP contribution in [0.4, 0.5) is 5.69 Å². The Hall–Kier alpha value is -3.14. The lowest BCUT2D eigenvalue weighted by Gasteiger charge is -2.36. The summed E-state index contributed by atoms with van der Waals surface area (Å²) < 4.78 is 40.8. The van der Waals surface area contributed by atoms with Crippen molar-refractivity contribution in [2.75, 3.05) is 10.5 Å². The van der Waals surface area contributed by atoms with Crippen LogP contribution >= 0.6 is 11.8 Å². The fourth-order valence-electron chi connectivity index (χ4n) is 4.25. The van der Waals surface area contributed by atoms with Gasteiger partial charge < -0.3 is 14.6 Å². The van der Waals surface area contributed by atoms with Gasteiger partial charge in [0.2, 0.25) is 0 Å². The lowest BCUT2D eigenvalue weighted by molar-refractivity contribution is -0.245. The Bertz CT molecular complexity index is 1410. The van der Waals surface area contributed by atoms with Crippen molar-refractivity contribution in [3.63, 3.8) is 0 Å². The van der Waals surface area contributed by atoms with E-state index < -0.39 is 16.3 Å². The number of hydrogen-bond donors (Lipinski definition) is 2. The first kappa shape index (κ1) is 26.5. The number of hydrogen-bond acceptors (Lipinski definition) is 6. The lowest BCUT2D eigenvalue weighted by Crippen LogP contribution is -2.31. The summed E-state index contributed by atoms with van der Waals surface area (Å²) in [6.07, 6.45) is -0.145. The van der Waals surface area contributed by atoms with Crippen LogP contribution in [0.3, 0.4) is 0 Å². The molecule has 0 bridgehead atoms. The van der Waals surface area contributed by atoms with Crippen LogP contribution in [0.15, 0.2) is 119 Å². The quantitative estimate of drug-likeness (QED) is 0.239. The summed E-state index contributed by atoms with van der Waals surface area (Å²) >= 11 is 1.74. The van der Waals surface area contributed by atoms with Crippen LogP contribution in [-0.2, 0) is 26.1 Å². The fourth-order valence-corrected chi connectivity index (χ4v) is 6.27. The average Bonchev–Trinajstić information content (AvgIpc) is 2.97. The Morgan fingerprint density at radius 3 is 2.08 bits per heavy atom. The molecule has 2 N–H and O–H groups in total. The highest BCUT2D eigenvalue weighted by Crippen LogP contribution is 2.39. The Kier molecular flexibility index (Phi) is 8.46. The molecule has 0 saturated carbocycles. The molecule has 38 heavy (non-hydrogen) atoms. The lowest BCUT2D eigenvalue weighted by atomic mass is 10.0. The highest BCUT2D eigenvalue weighted by Gasteiger charge is 2.32. The van der Waals surface area contributed by atoms with Gasteiger partial charge in [0.05, 0.1) is 23.7 Å². The minimum Gasteiger partial charge on any atom is -0.392 e. The normalized spacial score (nSPS) is 19.7. The van der Waals surface area contributed by atoms with Gasteiger partial charge in [-0.15, -0.1) is 11.8 Å². The van der Waals surface area contributed by atoms with E-state index in [0.717, 1.165) is 22.4 Å². The molecule has 1 aliphatic heterocycles. The van der Waals surface area contributed by atoms with Crippen molar-refractivity contribution in [3.05, 3.63) is 126 Å². The second kappa shape index (κ2) is 12.1. The number of aliphatic hydroxyl groups is 1. The molecular weight excluding hydrogens is 518 g/mol. The van der Waals surface area contributed by atoms with Crippen molar-refractivity contribution in [1.82, 2.24) is 0 Å². The Morgan fingerprint density at radius 1 is 0.789 bits per heavy atom. The molecular formula is C30H29NO5S2. The molecule has 8 heteroatoms. The number of benzene rings is 4. The van der Waals surface area contributed by atoms with Crippen molar-refractivity contribution in [2.24, 2.45) is 0 Å². The summed E-state index contributed by atoms with van der Waals surface area (Å²) in [5, 5.41) is 9.41. The molecule has 0 amide bonds. The van der Waals surface area contributed by atoms with E-state index in [1.807, 2.05) is 54.6 Å². The van der Waals surface area contributed by atoms with E-state index in [1.54, 1.807) is 54.2 Å². The Labute approximate surface area is 227 Å². The zero-order valence-corrected chi connectivity index (χ0v) is 22.3. The predicted molar refractivity (Wildman–Crippen MR) is 149 cm³/mol. The standard InChI is InChI=1S/C30H29NO5S2/c32-20-22-11-13-23(14-12-22)29-19-26(21-37-27-7-3-1-4-8-27)35-30(36-29)24-15-17-25(18-16-24)31-38(33,34)28-9-5-2-6-10-28/h1-18,26,29-32H,19-21H2/t26-,29+,30+/m0/s1. The highest BCUT2D eigenvalue weighted by molar-refractivity contribution is 7.99. The molecule has 0 aliphatic carbocycles. The van der Waals surface area contributed by atoms with Crippen LogP contribution < -0.4 is 4.72 Å². The third kappa shape index (κ3) is 6.64. The average molecular weight is 548 g/mol. The van der Waals surface area contributed by atoms with Crippen LogP contribution in [0.5, 0.6) is 0 Å². The molecule has 0 aromatic heterocycles. The van der Waals surface area contributed by atoms with Gasteiger partial charge in [-0.1, -0.05) is 72.8 Å². The minimum atomic E-state index is -3.68. The maximum atomic E-state index is 12.7. The first-order chi connectivity index (χ1) is 18.5. The number of nitrogens with one attached hydrogen (secondary N) is 1. The second-order valence-corrected chi connectivity index (χ2v) is 11.8. The Morgan fingerprint density at radius 2 is 1.42 bits per heavy atom. The molecule has 1 heterocycles. The molecule has 0 unspecified atom stereocenters. The van der Waals surface area contributed by atoms with Crippen molar-refractivity contribution < 1.29 is 23.0 Å². The molecule has 5 rings (SSSR count). The van der Waals surface area contributed by atoms with Crippen LogP contribution in [0.1, 0.15) is 35.5 Å². The van der Waals surface area contributed by atoms with E-state index in [9.17, 15) is 13.5 Å². The van der Waals surface area contributed by atoms with Gasteiger partial charge in [0.25, 0.3) is 10.0 Å². The van der Waals surface area contributed by atoms with E-state index in [-0.39, 0.29) is 23.7 Å². The van der Waals surface area contributed by atoms with Crippen molar-refractivity contribution in [2.45, 2.75) is 41.3 Å². The van der Waals surface area contributed by atoms with Gasteiger partial charge in [-0.05, 0) is 47.5 Å². The largest absolute Gasteiger partial charge is 0.392 e. The van der Waals surface area contributed by atoms with Crippen molar-refractivity contribution in [3.8, 4) is 0 Å². The van der Waals surface area contributed by atoms with Crippen molar-refractivity contribution >= 4 is 27.5 Å². The summed E-state index contributed by atoms with van der Waals surface area (Å²) in [6, 6.07) is 33.4. The smallest absolute Gasteiger partial charge is 0.261 e. The second-order valence-electron chi connectivity index (χ2n) is 9.01. The molecule has 0 radical (unpaired) electrons. The van der Waals surface area contributed by atoms with E-state index in [4.69, 9.17) is 9.47 Å². The number of anilines is 1. The zero-order valence-electron chi connectivity index (χ0n) is 20.6. The van der Waals surface area contributed by atoms with Crippen LogP contribution in [0, 0.1) is 0 Å². The van der Waals surface area contributed by atoms with Gasteiger partial charge in [0.1, 0.15) is 0 Å². The number of aliphatic hydroxyl groups excluding tert-OH is 1. The molecule has 1 aliphatic rings. The van der Waals surface area contributed by atoms with Gasteiger partial charge >= 0.3 is 0 Å². The van der Waals surface area contributed by atoms with E-state index in [0.29, 0.717) is 12.1 Å². The SMILES string of the molecule is O=S(=O)(Nc1ccc([C@@H]2O[C@H](CSc3ccccc3)C[C@H](c3ccc(CO)cc3)O2)cc1)c1ccccc1. The molecule has 6 nitrogen and oxygen atoms in total. The number of thioether (sulfide) groups is 1. The fraction of sp³-hybridized carbons (Fsp3) is 0.200. The van der Waals surface area contributed by atoms with Crippen LogP contribution in [-0.4, -0.2) is 25.4 Å². The van der Waals surface area contributed by atoms with Crippen LogP contribution in [0.25, 0.3) is 0 Å². The van der Waals surface area contributed by atoms with E-state index in [1.165, 1.54) is 4.90 Å². The minimum absolute atomic E-state index is 0.00570. The third-order valence-corrected chi connectivity index (χ3v) is 8.82. The predicted octanol–water partition coefficient (Wildman–Crippen LogP) is 6.32. The van der Waals surface area contributed by atoms with Gasteiger partial charge in [-0.2, -0.15) is 0 Å². The number of rotatable bonds is 9. The first-order valence-electron chi connectivity index (χ1n) is 12.4. The van der Waals surface area contributed by atoms with Crippen LogP contribution in [0.2, 0.25) is 0 Å². The van der Waals surface area contributed by atoms with Gasteiger partial charge in [-0.3, -0.25) is 4.72 Å². The molecule has 1 fully saturated rings. The summed E-state index contributed by atoms with van der Waals surface area (Å²) in [6.45, 7) is -0.00570. The molecule has 0 spiro atoms. The molecule has 3 atom stereocenters.